The highest BCUT2D eigenvalue weighted by Crippen LogP contribution is 2.19. The van der Waals surface area contributed by atoms with E-state index in [9.17, 15) is 8.78 Å². The summed E-state index contributed by atoms with van der Waals surface area (Å²) in [6, 6.07) is 3.03. The number of halogens is 2. The second-order valence-electron chi connectivity index (χ2n) is 3.20. The Bertz CT molecular complexity index is 302. The van der Waals surface area contributed by atoms with Crippen LogP contribution in [0.25, 0.3) is 0 Å². The molecular formula is C10H14F2N2. The van der Waals surface area contributed by atoms with Gasteiger partial charge in [-0.1, -0.05) is 6.07 Å². The van der Waals surface area contributed by atoms with E-state index in [4.69, 9.17) is 11.5 Å². The molecule has 0 aliphatic heterocycles. The van der Waals surface area contributed by atoms with Crippen LogP contribution >= 0.6 is 0 Å². The fourth-order valence-corrected chi connectivity index (χ4v) is 1.30. The van der Waals surface area contributed by atoms with Gasteiger partial charge in [0.15, 0.2) is 0 Å². The van der Waals surface area contributed by atoms with Crippen LogP contribution in [0.15, 0.2) is 18.2 Å². The van der Waals surface area contributed by atoms with E-state index in [0.717, 1.165) is 12.5 Å². The van der Waals surface area contributed by atoms with Crippen LogP contribution in [0.4, 0.5) is 8.78 Å². The summed E-state index contributed by atoms with van der Waals surface area (Å²) in [5.74, 6) is -1.17. The van der Waals surface area contributed by atoms with Gasteiger partial charge < -0.3 is 11.5 Å². The minimum absolute atomic E-state index is 0.347. The SMILES string of the molecule is NCCC[C@@H](N)c1ccc(F)cc1F. The predicted molar refractivity (Wildman–Crippen MR) is 51.6 cm³/mol. The summed E-state index contributed by atoms with van der Waals surface area (Å²) < 4.78 is 25.7. The fourth-order valence-electron chi connectivity index (χ4n) is 1.30. The first-order valence-corrected chi connectivity index (χ1v) is 4.55. The number of benzene rings is 1. The van der Waals surface area contributed by atoms with Crippen LogP contribution in [0.1, 0.15) is 24.4 Å². The third-order valence-corrected chi connectivity index (χ3v) is 2.08. The topological polar surface area (TPSA) is 52.0 Å². The molecule has 0 saturated carbocycles. The lowest BCUT2D eigenvalue weighted by Gasteiger charge is -2.11. The molecule has 0 aliphatic carbocycles. The highest BCUT2D eigenvalue weighted by Gasteiger charge is 2.11. The molecule has 1 aromatic carbocycles. The second-order valence-corrected chi connectivity index (χ2v) is 3.20. The van der Waals surface area contributed by atoms with Gasteiger partial charge >= 0.3 is 0 Å². The summed E-state index contributed by atoms with van der Waals surface area (Å²) in [4.78, 5) is 0. The largest absolute Gasteiger partial charge is 0.330 e. The molecular weight excluding hydrogens is 186 g/mol. The molecule has 0 saturated heterocycles. The van der Waals surface area contributed by atoms with Gasteiger partial charge in [-0.2, -0.15) is 0 Å². The van der Waals surface area contributed by atoms with E-state index in [1.54, 1.807) is 0 Å². The molecule has 4 heteroatoms. The van der Waals surface area contributed by atoms with Gasteiger partial charge in [0, 0.05) is 17.7 Å². The summed E-state index contributed by atoms with van der Waals surface area (Å²) in [6.45, 7) is 0.524. The first-order valence-electron chi connectivity index (χ1n) is 4.55. The van der Waals surface area contributed by atoms with Crippen LogP contribution in [0, 0.1) is 11.6 Å². The van der Waals surface area contributed by atoms with Crippen molar-refractivity contribution in [3.8, 4) is 0 Å². The average Bonchev–Trinajstić information content (AvgIpc) is 2.14. The van der Waals surface area contributed by atoms with Crippen molar-refractivity contribution in [2.45, 2.75) is 18.9 Å². The van der Waals surface area contributed by atoms with E-state index < -0.39 is 17.7 Å². The Morgan fingerprint density at radius 2 is 2.00 bits per heavy atom. The van der Waals surface area contributed by atoms with Crippen molar-refractivity contribution < 1.29 is 8.78 Å². The quantitative estimate of drug-likeness (QED) is 0.777. The van der Waals surface area contributed by atoms with Crippen LogP contribution in [0.2, 0.25) is 0 Å². The van der Waals surface area contributed by atoms with Crippen molar-refractivity contribution >= 4 is 0 Å². The van der Waals surface area contributed by atoms with E-state index in [1.165, 1.54) is 12.1 Å². The van der Waals surface area contributed by atoms with E-state index in [1.807, 2.05) is 0 Å². The maximum Gasteiger partial charge on any atom is 0.130 e. The Labute approximate surface area is 81.9 Å². The Balaban J connectivity index is 2.74. The highest BCUT2D eigenvalue weighted by atomic mass is 19.1. The van der Waals surface area contributed by atoms with Crippen LogP contribution in [-0.2, 0) is 0 Å². The molecule has 1 rings (SSSR count). The first-order chi connectivity index (χ1) is 6.65. The molecule has 78 valence electrons. The molecule has 2 nitrogen and oxygen atoms in total. The van der Waals surface area contributed by atoms with Crippen molar-refractivity contribution in [3.63, 3.8) is 0 Å². The van der Waals surface area contributed by atoms with E-state index in [2.05, 4.69) is 0 Å². The molecule has 0 fully saturated rings. The molecule has 1 atom stereocenters. The van der Waals surface area contributed by atoms with Gasteiger partial charge in [-0.25, -0.2) is 8.78 Å². The van der Waals surface area contributed by atoms with Gasteiger partial charge in [-0.15, -0.1) is 0 Å². The molecule has 0 bridgehead atoms. The smallest absolute Gasteiger partial charge is 0.130 e. The lowest BCUT2D eigenvalue weighted by Crippen LogP contribution is -2.14. The first kappa shape index (κ1) is 11.1. The van der Waals surface area contributed by atoms with Gasteiger partial charge in [0.05, 0.1) is 0 Å². The third-order valence-electron chi connectivity index (χ3n) is 2.08. The number of rotatable bonds is 4. The maximum absolute atomic E-state index is 13.2. The van der Waals surface area contributed by atoms with Crippen LogP contribution < -0.4 is 11.5 Å². The van der Waals surface area contributed by atoms with Crippen LogP contribution in [-0.4, -0.2) is 6.54 Å². The fraction of sp³-hybridized carbons (Fsp3) is 0.400. The zero-order chi connectivity index (χ0) is 10.6. The summed E-state index contributed by atoms with van der Waals surface area (Å²) in [6.07, 6.45) is 1.34. The van der Waals surface area contributed by atoms with E-state index >= 15 is 0 Å². The molecule has 0 aromatic heterocycles. The number of hydrogen-bond donors (Lipinski definition) is 2. The summed E-state index contributed by atoms with van der Waals surface area (Å²) in [5.41, 5.74) is 11.4. The van der Waals surface area contributed by atoms with Crippen LogP contribution in [0.3, 0.4) is 0 Å². The third kappa shape index (κ3) is 2.75. The zero-order valence-electron chi connectivity index (χ0n) is 7.84. The highest BCUT2D eigenvalue weighted by molar-refractivity contribution is 5.21. The average molecular weight is 200 g/mol. The number of nitrogens with two attached hydrogens (primary N) is 2. The Hall–Kier alpha value is -1.00. The Morgan fingerprint density at radius 3 is 2.57 bits per heavy atom. The summed E-state index contributed by atoms with van der Waals surface area (Å²) in [5, 5.41) is 0. The second kappa shape index (κ2) is 5.02. The van der Waals surface area contributed by atoms with Gasteiger partial charge in [0.2, 0.25) is 0 Å². The summed E-state index contributed by atoms with van der Waals surface area (Å²) in [7, 11) is 0. The maximum atomic E-state index is 13.2. The normalized spacial score (nSPS) is 12.9. The lowest BCUT2D eigenvalue weighted by molar-refractivity contribution is 0.537. The molecule has 0 spiro atoms. The van der Waals surface area contributed by atoms with Crippen molar-refractivity contribution in [1.29, 1.82) is 0 Å². The van der Waals surface area contributed by atoms with Crippen molar-refractivity contribution in [3.05, 3.63) is 35.4 Å². The van der Waals surface area contributed by atoms with Gasteiger partial charge in [0.25, 0.3) is 0 Å². The Morgan fingerprint density at radius 1 is 1.29 bits per heavy atom. The lowest BCUT2D eigenvalue weighted by atomic mass is 10.0. The minimum Gasteiger partial charge on any atom is -0.330 e. The zero-order valence-corrected chi connectivity index (χ0v) is 7.84. The molecule has 0 unspecified atom stereocenters. The van der Waals surface area contributed by atoms with Crippen molar-refractivity contribution in [2.75, 3.05) is 6.54 Å². The molecule has 0 aliphatic rings. The van der Waals surface area contributed by atoms with Crippen molar-refractivity contribution in [1.82, 2.24) is 0 Å². The van der Waals surface area contributed by atoms with Gasteiger partial charge in [-0.05, 0) is 25.5 Å². The van der Waals surface area contributed by atoms with Crippen LogP contribution in [0.5, 0.6) is 0 Å². The standard InChI is InChI=1S/C10H14F2N2/c11-7-3-4-8(9(12)6-7)10(14)2-1-5-13/h3-4,6,10H,1-2,5,13-14H2/t10-/m1/s1. The monoisotopic (exact) mass is 200 g/mol. The van der Waals surface area contributed by atoms with Gasteiger partial charge in [-0.3, -0.25) is 0 Å². The predicted octanol–water partition coefficient (Wildman–Crippen LogP) is 1.70. The van der Waals surface area contributed by atoms with E-state index in [-0.39, 0.29) is 0 Å². The van der Waals surface area contributed by atoms with Crippen molar-refractivity contribution in [2.24, 2.45) is 11.5 Å². The summed E-state index contributed by atoms with van der Waals surface area (Å²) >= 11 is 0. The molecule has 4 N–H and O–H groups in total. The Kier molecular flexibility index (Phi) is 3.98. The molecule has 1 aromatic rings. The molecule has 0 radical (unpaired) electrons. The number of hydrogen-bond acceptors (Lipinski definition) is 2. The van der Waals surface area contributed by atoms with Gasteiger partial charge in [0.1, 0.15) is 11.6 Å². The minimum atomic E-state index is -0.588. The molecule has 14 heavy (non-hydrogen) atoms. The van der Waals surface area contributed by atoms with E-state index in [0.29, 0.717) is 18.5 Å². The molecule has 0 amide bonds. The molecule has 0 heterocycles.